The Labute approximate surface area is 142 Å². The molecule has 4 aromatic rings. The summed E-state index contributed by atoms with van der Waals surface area (Å²) in [5.74, 6) is 1.12. The molecule has 0 bridgehead atoms. The number of carbonyl (C=O) groups is 1. The second-order valence-electron chi connectivity index (χ2n) is 5.18. The lowest BCUT2D eigenvalue weighted by Gasteiger charge is -2.07. The van der Waals surface area contributed by atoms with Gasteiger partial charge in [-0.3, -0.25) is 9.36 Å². The van der Waals surface area contributed by atoms with Gasteiger partial charge in [0.2, 0.25) is 0 Å². The fourth-order valence-electron chi connectivity index (χ4n) is 2.27. The van der Waals surface area contributed by atoms with Crippen LogP contribution in [0.25, 0.3) is 11.6 Å². The Morgan fingerprint density at radius 3 is 2.48 bits per heavy atom. The van der Waals surface area contributed by atoms with Gasteiger partial charge in [0.1, 0.15) is 12.1 Å². The number of anilines is 1. The molecule has 4 aromatic heterocycles. The second-order valence-corrected chi connectivity index (χ2v) is 5.18. The number of imidazole rings is 1. The van der Waals surface area contributed by atoms with E-state index in [0.717, 1.165) is 0 Å². The zero-order valence-electron chi connectivity index (χ0n) is 13.0. The number of pyridine rings is 2. The number of nitrogens with zero attached hydrogens (tertiary/aromatic N) is 6. The molecule has 0 aromatic carbocycles. The number of nitrogens with one attached hydrogen (secondary N) is 1. The number of hydrogen-bond donors (Lipinski definition) is 1. The third-order valence-electron chi connectivity index (χ3n) is 3.52. The molecule has 8 heteroatoms. The summed E-state index contributed by atoms with van der Waals surface area (Å²) in [6.07, 6.45) is 11.7. The molecule has 0 saturated heterocycles. The van der Waals surface area contributed by atoms with E-state index in [1.165, 1.54) is 6.20 Å². The summed E-state index contributed by atoms with van der Waals surface area (Å²) >= 11 is 0. The molecule has 4 rings (SSSR count). The standard InChI is InChI=1S/C17H13N7O/c25-17(13-2-4-15(19-10-13)23-9-7-18-12-23)22-14-3-5-16(20-11-14)24-8-1-6-21-24/h1-12H,(H,22,25). The highest BCUT2D eigenvalue weighted by Gasteiger charge is 2.08. The zero-order chi connectivity index (χ0) is 17.1. The molecule has 0 atom stereocenters. The summed E-state index contributed by atoms with van der Waals surface area (Å²) < 4.78 is 3.41. The summed E-state index contributed by atoms with van der Waals surface area (Å²) in [6.45, 7) is 0. The van der Waals surface area contributed by atoms with Crippen LogP contribution in [-0.2, 0) is 0 Å². The van der Waals surface area contributed by atoms with Gasteiger partial charge in [-0.05, 0) is 30.3 Å². The summed E-state index contributed by atoms with van der Waals surface area (Å²) in [5.41, 5.74) is 1.06. The molecule has 25 heavy (non-hydrogen) atoms. The molecule has 0 radical (unpaired) electrons. The Morgan fingerprint density at radius 1 is 0.960 bits per heavy atom. The molecule has 0 fully saturated rings. The minimum Gasteiger partial charge on any atom is -0.321 e. The highest BCUT2D eigenvalue weighted by molar-refractivity contribution is 6.04. The van der Waals surface area contributed by atoms with Crippen molar-refractivity contribution in [2.24, 2.45) is 0 Å². The second kappa shape index (κ2) is 6.36. The molecule has 0 aliphatic heterocycles. The predicted octanol–water partition coefficient (Wildman–Crippen LogP) is 2.10. The van der Waals surface area contributed by atoms with Gasteiger partial charge in [0.15, 0.2) is 5.82 Å². The molecule has 1 N–H and O–H groups in total. The Balaban J connectivity index is 1.46. The van der Waals surface area contributed by atoms with Crippen LogP contribution in [0.5, 0.6) is 0 Å². The van der Waals surface area contributed by atoms with Crippen LogP contribution in [0.15, 0.2) is 73.8 Å². The zero-order valence-corrected chi connectivity index (χ0v) is 13.0. The number of hydrogen-bond acceptors (Lipinski definition) is 5. The van der Waals surface area contributed by atoms with E-state index < -0.39 is 0 Å². The highest BCUT2D eigenvalue weighted by atomic mass is 16.1. The molecule has 4 heterocycles. The summed E-state index contributed by atoms with van der Waals surface area (Å²) in [4.78, 5) is 24.8. The van der Waals surface area contributed by atoms with Gasteiger partial charge in [0.25, 0.3) is 5.91 Å². The highest BCUT2D eigenvalue weighted by Crippen LogP contribution is 2.12. The quantitative estimate of drug-likeness (QED) is 0.618. The van der Waals surface area contributed by atoms with Crippen molar-refractivity contribution in [3.8, 4) is 11.6 Å². The maximum absolute atomic E-state index is 12.3. The third kappa shape index (κ3) is 3.13. The third-order valence-corrected chi connectivity index (χ3v) is 3.52. The number of rotatable bonds is 4. The Bertz CT molecular complexity index is 959. The van der Waals surface area contributed by atoms with Crippen LogP contribution in [0.1, 0.15) is 10.4 Å². The van der Waals surface area contributed by atoms with E-state index in [1.54, 1.807) is 70.8 Å². The molecule has 1 amide bonds. The topological polar surface area (TPSA) is 90.5 Å². The predicted molar refractivity (Wildman–Crippen MR) is 90.7 cm³/mol. The van der Waals surface area contributed by atoms with E-state index in [0.29, 0.717) is 22.9 Å². The summed E-state index contributed by atoms with van der Waals surface area (Å²) in [5, 5.41) is 6.90. The normalized spacial score (nSPS) is 10.6. The van der Waals surface area contributed by atoms with Crippen molar-refractivity contribution in [3.63, 3.8) is 0 Å². The molecule has 122 valence electrons. The molecule has 0 unspecified atom stereocenters. The average Bonchev–Trinajstić information content (AvgIpc) is 3.36. The maximum Gasteiger partial charge on any atom is 0.257 e. The first kappa shape index (κ1) is 14.8. The van der Waals surface area contributed by atoms with Crippen LogP contribution < -0.4 is 5.32 Å². The number of aromatic nitrogens is 6. The van der Waals surface area contributed by atoms with Gasteiger partial charge in [-0.2, -0.15) is 5.10 Å². The molecular formula is C17H13N7O. The van der Waals surface area contributed by atoms with Crippen LogP contribution >= 0.6 is 0 Å². The Morgan fingerprint density at radius 2 is 1.84 bits per heavy atom. The molecular weight excluding hydrogens is 318 g/mol. The smallest absolute Gasteiger partial charge is 0.257 e. The molecule has 0 aliphatic rings. The van der Waals surface area contributed by atoms with Crippen LogP contribution in [-0.4, -0.2) is 35.2 Å². The lowest BCUT2D eigenvalue weighted by Crippen LogP contribution is -2.13. The maximum atomic E-state index is 12.3. The van der Waals surface area contributed by atoms with Gasteiger partial charge >= 0.3 is 0 Å². The van der Waals surface area contributed by atoms with Gasteiger partial charge in [-0.15, -0.1) is 0 Å². The van der Waals surface area contributed by atoms with Crippen LogP contribution in [0.2, 0.25) is 0 Å². The van der Waals surface area contributed by atoms with Gasteiger partial charge in [-0.1, -0.05) is 0 Å². The van der Waals surface area contributed by atoms with Crippen molar-refractivity contribution in [1.82, 2.24) is 29.3 Å². The fraction of sp³-hybridized carbons (Fsp3) is 0. The van der Waals surface area contributed by atoms with Crippen molar-refractivity contribution >= 4 is 11.6 Å². The van der Waals surface area contributed by atoms with Crippen LogP contribution in [0, 0.1) is 0 Å². The summed E-state index contributed by atoms with van der Waals surface area (Å²) in [7, 11) is 0. The molecule has 0 spiro atoms. The first-order chi connectivity index (χ1) is 12.3. The minimum atomic E-state index is -0.252. The largest absolute Gasteiger partial charge is 0.321 e. The van der Waals surface area contributed by atoms with Crippen molar-refractivity contribution in [1.29, 1.82) is 0 Å². The number of carbonyl (C=O) groups excluding carboxylic acids is 1. The average molecular weight is 331 g/mol. The van der Waals surface area contributed by atoms with Crippen molar-refractivity contribution in [2.75, 3.05) is 5.32 Å². The van der Waals surface area contributed by atoms with E-state index in [1.807, 2.05) is 6.07 Å². The van der Waals surface area contributed by atoms with Gasteiger partial charge in [0.05, 0.1) is 17.4 Å². The summed E-state index contributed by atoms with van der Waals surface area (Å²) in [6, 6.07) is 8.84. The minimum absolute atomic E-state index is 0.252. The molecule has 8 nitrogen and oxygen atoms in total. The van der Waals surface area contributed by atoms with Crippen LogP contribution in [0.3, 0.4) is 0 Å². The first-order valence-corrected chi connectivity index (χ1v) is 7.51. The monoisotopic (exact) mass is 331 g/mol. The lowest BCUT2D eigenvalue weighted by molar-refractivity contribution is 0.102. The van der Waals surface area contributed by atoms with Gasteiger partial charge < -0.3 is 5.32 Å². The van der Waals surface area contributed by atoms with Crippen LogP contribution in [0.4, 0.5) is 5.69 Å². The Hall–Kier alpha value is -3.81. The van der Waals surface area contributed by atoms with Crippen molar-refractivity contribution < 1.29 is 4.79 Å². The lowest BCUT2D eigenvalue weighted by atomic mass is 10.2. The molecule has 0 aliphatic carbocycles. The number of amides is 1. The SMILES string of the molecule is O=C(Nc1ccc(-n2cccn2)nc1)c1ccc(-n2ccnc2)nc1. The molecule has 0 saturated carbocycles. The van der Waals surface area contributed by atoms with E-state index in [2.05, 4.69) is 25.4 Å². The van der Waals surface area contributed by atoms with Crippen molar-refractivity contribution in [3.05, 3.63) is 79.4 Å². The fourth-order valence-corrected chi connectivity index (χ4v) is 2.27. The first-order valence-electron chi connectivity index (χ1n) is 7.51. The van der Waals surface area contributed by atoms with Crippen molar-refractivity contribution in [2.45, 2.75) is 0 Å². The van der Waals surface area contributed by atoms with Gasteiger partial charge in [0, 0.05) is 31.0 Å². The van der Waals surface area contributed by atoms with Gasteiger partial charge in [-0.25, -0.2) is 19.6 Å². The van der Waals surface area contributed by atoms with E-state index >= 15 is 0 Å². The van der Waals surface area contributed by atoms with E-state index in [9.17, 15) is 4.79 Å². The Kier molecular flexibility index (Phi) is 3.76. The van der Waals surface area contributed by atoms with E-state index in [4.69, 9.17) is 0 Å². The van der Waals surface area contributed by atoms with E-state index in [-0.39, 0.29) is 5.91 Å².